The molecule has 3 heterocycles. The molecule has 3 aromatic rings. The Kier molecular flexibility index (Phi) is 6.06. The fourth-order valence-electron chi connectivity index (χ4n) is 3.44. The van der Waals surface area contributed by atoms with Crippen molar-refractivity contribution in [1.29, 1.82) is 0 Å². The molecule has 1 aliphatic heterocycles. The van der Waals surface area contributed by atoms with Crippen LogP contribution in [0.25, 0.3) is 9.88 Å². The molecule has 158 valence electrons. The molecule has 1 saturated heterocycles. The summed E-state index contributed by atoms with van der Waals surface area (Å²) in [4.78, 5) is 19.2. The van der Waals surface area contributed by atoms with Gasteiger partial charge < -0.3 is 5.32 Å². The van der Waals surface area contributed by atoms with E-state index in [0.717, 1.165) is 34.7 Å². The van der Waals surface area contributed by atoms with Gasteiger partial charge in [-0.05, 0) is 55.8 Å². The lowest BCUT2D eigenvalue weighted by Crippen LogP contribution is -2.35. The first kappa shape index (κ1) is 21.2. The van der Waals surface area contributed by atoms with Crippen LogP contribution in [0.2, 0.25) is 0 Å². The first-order chi connectivity index (χ1) is 14.4. The van der Waals surface area contributed by atoms with Gasteiger partial charge >= 0.3 is 0 Å². The second kappa shape index (κ2) is 8.58. The number of nitrogens with zero attached hydrogens (tertiary/aromatic N) is 2. The highest BCUT2D eigenvalue weighted by Gasteiger charge is 2.27. The minimum atomic E-state index is -3.56. The van der Waals surface area contributed by atoms with Crippen LogP contribution in [0.3, 0.4) is 0 Å². The molecule has 0 unspecified atom stereocenters. The second-order valence-electron chi connectivity index (χ2n) is 7.31. The molecule has 0 saturated carbocycles. The summed E-state index contributed by atoms with van der Waals surface area (Å²) in [6.07, 6.45) is 2.82. The highest BCUT2D eigenvalue weighted by Crippen LogP contribution is 2.32. The lowest BCUT2D eigenvalue weighted by Gasteiger charge is -2.26. The predicted octanol–water partition coefficient (Wildman–Crippen LogP) is 4.92. The zero-order valence-electron chi connectivity index (χ0n) is 16.8. The van der Waals surface area contributed by atoms with Crippen LogP contribution >= 0.6 is 22.7 Å². The van der Waals surface area contributed by atoms with Gasteiger partial charge in [-0.15, -0.1) is 22.7 Å². The largest absolute Gasteiger partial charge is 0.321 e. The molecule has 1 N–H and O–H groups in total. The molecule has 1 aliphatic rings. The Hall–Kier alpha value is -2.07. The number of carbonyl (C=O) groups is 1. The lowest BCUT2D eigenvalue weighted by atomic mass is 10.2. The number of hydrogen-bond acceptors (Lipinski definition) is 6. The fraction of sp³-hybridized carbons (Fsp3) is 0.333. The summed E-state index contributed by atoms with van der Waals surface area (Å²) in [6.45, 7) is 4.75. The molecule has 4 rings (SSSR count). The highest BCUT2D eigenvalue weighted by molar-refractivity contribution is 7.89. The molecule has 1 fully saturated rings. The molecular formula is C21H23N3O3S3. The SMILES string of the molecule is Cc1ccc(S(=O)(=O)N2CCCCC2)cc1NC(=O)c1sc(-c2cccs2)nc1C. The smallest absolute Gasteiger partial charge is 0.267 e. The number of nitrogens with one attached hydrogen (secondary N) is 1. The van der Waals surface area contributed by atoms with E-state index in [1.54, 1.807) is 29.5 Å². The van der Waals surface area contributed by atoms with E-state index in [2.05, 4.69) is 10.3 Å². The van der Waals surface area contributed by atoms with Crippen LogP contribution in [-0.2, 0) is 10.0 Å². The molecule has 2 aromatic heterocycles. The zero-order valence-corrected chi connectivity index (χ0v) is 19.3. The van der Waals surface area contributed by atoms with Crippen molar-refractivity contribution in [3.63, 3.8) is 0 Å². The number of thiophene rings is 1. The minimum Gasteiger partial charge on any atom is -0.321 e. The Balaban J connectivity index is 1.59. The van der Waals surface area contributed by atoms with Gasteiger partial charge in [-0.3, -0.25) is 4.79 Å². The molecule has 0 atom stereocenters. The van der Waals surface area contributed by atoms with Crippen molar-refractivity contribution >= 4 is 44.3 Å². The number of thiazole rings is 1. The van der Waals surface area contributed by atoms with Crippen LogP contribution in [0.4, 0.5) is 5.69 Å². The Labute approximate surface area is 184 Å². The van der Waals surface area contributed by atoms with Gasteiger partial charge in [-0.2, -0.15) is 4.31 Å². The summed E-state index contributed by atoms with van der Waals surface area (Å²) in [7, 11) is -3.56. The molecule has 0 aliphatic carbocycles. The minimum absolute atomic E-state index is 0.214. The van der Waals surface area contributed by atoms with Crippen LogP contribution in [-0.4, -0.2) is 36.7 Å². The van der Waals surface area contributed by atoms with Crippen LogP contribution < -0.4 is 5.32 Å². The molecule has 6 nitrogen and oxygen atoms in total. The van der Waals surface area contributed by atoms with Gasteiger partial charge in [0.25, 0.3) is 5.91 Å². The van der Waals surface area contributed by atoms with E-state index in [1.165, 1.54) is 15.6 Å². The van der Waals surface area contributed by atoms with Crippen molar-refractivity contribution in [2.75, 3.05) is 18.4 Å². The average molecular weight is 462 g/mol. The maximum atomic E-state index is 13.0. The fourth-order valence-corrected chi connectivity index (χ4v) is 6.74. The molecule has 0 spiro atoms. The second-order valence-corrected chi connectivity index (χ2v) is 11.2. The number of hydrogen-bond donors (Lipinski definition) is 1. The third-order valence-electron chi connectivity index (χ3n) is 5.14. The molecule has 0 bridgehead atoms. The summed E-state index contributed by atoms with van der Waals surface area (Å²) in [5.41, 5.74) is 1.97. The van der Waals surface area contributed by atoms with Gasteiger partial charge in [0, 0.05) is 18.8 Å². The van der Waals surface area contributed by atoms with E-state index in [0.29, 0.717) is 29.3 Å². The van der Waals surface area contributed by atoms with E-state index in [-0.39, 0.29) is 10.8 Å². The van der Waals surface area contributed by atoms with Crippen molar-refractivity contribution in [3.8, 4) is 9.88 Å². The number of carbonyl (C=O) groups excluding carboxylic acids is 1. The Morgan fingerprint density at radius 1 is 1.13 bits per heavy atom. The van der Waals surface area contributed by atoms with Crippen molar-refractivity contribution < 1.29 is 13.2 Å². The Bertz CT molecular complexity index is 1160. The van der Waals surface area contributed by atoms with Gasteiger partial charge in [0.1, 0.15) is 9.88 Å². The number of benzene rings is 1. The zero-order chi connectivity index (χ0) is 21.3. The number of aromatic nitrogens is 1. The van der Waals surface area contributed by atoms with E-state index in [1.807, 2.05) is 31.4 Å². The molecule has 9 heteroatoms. The first-order valence-corrected chi connectivity index (χ1v) is 12.9. The number of anilines is 1. The predicted molar refractivity (Wildman–Crippen MR) is 122 cm³/mol. The van der Waals surface area contributed by atoms with Crippen LogP contribution in [0, 0.1) is 13.8 Å². The quantitative estimate of drug-likeness (QED) is 0.585. The molecule has 1 amide bonds. The van der Waals surface area contributed by atoms with Gasteiger partial charge in [-0.25, -0.2) is 13.4 Å². The normalized spacial score (nSPS) is 15.3. The van der Waals surface area contributed by atoms with Crippen LogP contribution in [0.15, 0.2) is 40.6 Å². The Morgan fingerprint density at radius 2 is 1.90 bits per heavy atom. The van der Waals surface area contributed by atoms with Crippen molar-refractivity contribution in [2.24, 2.45) is 0 Å². The molecule has 0 radical (unpaired) electrons. The van der Waals surface area contributed by atoms with Gasteiger partial charge in [0.2, 0.25) is 10.0 Å². The summed E-state index contributed by atoms with van der Waals surface area (Å²) in [6, 6.07) is 8.84. The number of rotatable bonds is 5. The Morgan fingerprint density at radius 3 is 2.60 bits per heavy atom. The van der Waals surface area contributed by atoms with Gasteiger partial charge in [0.05, 0.1) is 15.5 Å². The topological polar surface area (TPSA) is 79.4 Å². The van der Waals surface area contributed by atoms with Crippen molar-refractivity contribution in [2.45, 2.75) is 38.0 Å². The van der Waals surface area contributed by atoms with Crippen molar-refractivity contribution in [1.82, 2.24) is 9.29 Å². The van der Waals surface area contributed by atoms with E-state index < -0.39 is 10.0 Å². The maximum Gasteiger partial charge on any atom is 0.267 e. The number of aryl methyl sites for hydroxylation is 2. The number of piperidine rings is 1. The van der Waals surface area contributed by atoms with E-state index >= 15 is 0 Å². The standard InChI is InChI=1S/C21H23N3O3S3/c1-14-8-9-16(30(26,27)24-10-4-3-5-11-24)13-17(14)23-20(25)19-15(2)22-21(29-19)18-7-6-12-28-18/h6-9,12-13H,3-5,10-11H2,1-2H3,(H,23,25). The summed E-state index contributed by atoms with van der Waals surface area (Å²) < 4.78 is 27.5. The number of sulfonamides is 1. The van der Waals surface area contributed by atoms with Gasteiger partial charge in [0.15, 0.2) is 0 Å². The lowest BCUT2D eigenvalue weighted by molar-refractivity contribution is 0.102. The first-order valence-electron chi connectivity index (χ1n) is 9.80. The highest BCUT2D eigenvalue weighted by atomic mass is 32.2. The number of amides is 1. The average Bonchev–Trinajstić information content (AvgIpc) is 3.40. The van der Waals surface area contributed by atoms with E-state index in [4.69, 9.17) is 0 Å². The maximum absolute atomic E-state index is 13.0. The molecular weight excluding hydrogens is 438 g/mol. The summed E-state index contributed by atoms with van der Waals surface area (Å²) in [5, 5.41) is 5.68. The third-order valence-corrected chi connectivity index (χ3v) is 9.23. The van der Waals surface area contributed by atoms with Crippen LogP contribution in [0.1, 0.15) is 40.2 Å². The van der Waals surface area contributed by atoms with Crippen molar-refractivity contribution in [3.05, 3.63) is 51.8 Å². The summed E-state index contributed by atoms with van der Waals surface area (Å²) in [5.74, 6) is -0.275. The van der Waals surface area contributed by atoms with E-state index in [9.17, 15) is 13.2 Å². The third kappa shape index (κ3) is 4.20. The van der Waals surface area contributed by atoms with Crippen LogP contribution in [0.5, 0.6) is 0 Å². The molecule has 1 aromatic carbocycles. The van der Waals surface area contributed by atoms with Gasteiger partial charge in [-0.1, -0.05) is 18.6 Å². The molecule has 30 heavy (non-hydrogen) atoms. The summed E-state index contributed by atoms with van der Waals surface area (Å²) >= 11 is 2.92. The monoisotopic (exact) mass is 461 g/mol.